The van der Waals surface area contributed by atoms with Crippen molar-refractivity contribution >= 4 is 5.97 Å². The number of carbonyl (C=O) groups is 1. The maximum Gasteiger partial charge on any atom is 0.303 e. The molecule has 0 radical (unpaired) electrons. The topological polar surface area (TPSA) is 101 Å². The van der Waals surface area contributed by atoms with Crippen LogP contribution in [0.5, 0.6) is 0 Å². The molecule has 4 N–H and O–H groups in total. The van der Waals surface area contributed by atoms with E-state index in [1.165, 1.54) is 0 Å². The number of carboxylic acids is 1. The summed E-state index contributed by atoms with van der Waals surface area (Å²) in [5.74, 6) is -0.781. The molecule has 0 aromatic carbocycles. The molecule has 1 rings (SSSR count). The van der Waals surface area contributed by atoms with Gasteiger partial charge in [0.15, 0.2) is 0 Å². The van der Waals surface area contributed by atoms with Gasteiger partial charge in [0.2, 0.25) is 0 Å². The zero-order valence-corrected chi connectivity index (χ0v) is 9.83. The summed E-state index contributed by atoms with van der Waals surface area (Å²) in [6.07, 6.45) is -0.380. The number of aliphatic carboxylic acids is 1. The Kier molecular flexibility index (Phi) is 5.84. The number of rotatable bonds is 6. The van der Waals surface area contributed by atoms with Gasteiger partial charge in [0.1, 0.15) is 6.10 Å². The van der Waals surface area contributed by atoms with Crippen molar-refractivity contribution in [3.63, 3.8) is 0 Å². The summed E-state index contributed by atoms with van der Waals surface area (Å²) < 4.78 is 0. The van der Waals surface area contributed by atoms with Gasteiger partial charge in [-0.05, 0) is 19.4 Å². The van der Waals surface area contributed by atoms with E-state index in [0.29, 0.717) is 26.1 Å². The molecule has 100 valence electrons. The van der Waals surface area contributed by atoms with Crippen molar-refractivity contribution in [2.24, 2.45) is 0 Å². The van der Waals surface area contributed by atoms with Gasteiger partial charge < -0.3 is 20.4 Å². The normalized spacial score (nSPS) is 27.2. The van der Waals surface area contributed by atoms with E-state index in [1.54, 1.807) is 0 Å². The molecule has 0 spiro atoms. The Balaban J connectivity index is 2.13. The van der Waals surface area contributed by atoms with E-state index in [2.05, 4.69) is 0 Å². The van der Waals surface area contributed by atoms with Gasteiger partial charge in [-0.3, -0.25) is 9.69 Å². The Morgan fingerprint density at radius 3 is 2.18 bits per heavy atom. The van der Waals surface area contributed by atoms with Crippen molar-refractivity contribution in [1.29, 1.82) is 0 Å². The third-order valence-corrected chi connectivity index (χ3v) is 3.04. The molecule has 1 saturated heterocycles. The van der Waals surface area contributed by atoms with E-state index < -0.39 is 24.3 Å². The lowest BCUT2D eigenvalue weighted by Gasteiger charge is -2.36. The van der Waals surface area contributed by atoms with Crippen LogP contribution in [0, 0.1) is 0 Å². The molecule has 0 bridgehead atoms. The van der Waals surface area contributed by atoms with Gasteiger partial charge in [0.05, 0.1) is 12.2 Å². The highest BCUT2D eigenvalue weighted by Crippen LogP contribution is 2.13. The smallest absolute Gasteiger partial charge is 0.303 e. The lowest BCUT2D eigenvalue weighted by atomic mass is 10.0. The van der Waals surface area contributed by atoms with E-state index in [4.69, 9.17) is 5.11 Å². The van der Waals surface area contributed by atoms with Crippen LogP contribution in [-0.2, 0) is 4.79 Å². The first-order valence-electron chi connectivity index (χ1n) is 5.99. The molecule has 1 heterocycles. The number of nitrogens with zero attached hydrogens (tertiary/aromatic N) is 1. The summed E-state index contributed by atoms with van der Waals surface area (Å²) in [5.41, 5.74) is 0. The van der Waals surface area contributed by atoms with E-state index in [1.807, 2.05) is 4.90 Å². The Morgan fingerprint density at radius 2 is 1.65 bits per heavy atom. The highest BCUT2D eigenvalue weighted by atomic mass is 16.4. The van der Waals surface area contributed by atoms with Gasteiger partial charge in [0, 0.05) is 19.5 Å². The van der Waals surface area contributed by atoms with Crippen LogP contribution in [-0.4, -0.2) is 69.2 Å². The summed E-state index contributed by atoms with van der Waals surface area (Å²) in [6.45, 7) is 1.43. The third kappa shape index (κ3) is 4.99. The summed E-state index contributed by atoms with van der Waals surface area (Å²) in [5, 5.41) is 36.7. The fourth-order valence-corrected chi connectivity index (χ4v) is 2.05. The van der Waals surface area contributed by atoms with E-state index >= 15 is 0 Å². The zero-order valence-electron chi connectivity index (χ0n) is 9.83. The highest BCUT2D eigenvalue weighted by Gasteiger charge is 2.32. The average molecular weight is 247 g/mol. The molecule has 1 aliphatic rings. The Labute approximate surface area is 100 Å². The predicted octanol–water partition coefficient (Wildman–Crippen LogP) is -0.970. The minimum atomic E-state index is -1.06. The van der Waals surface area contributed by atoms with E-state index in [9.17, 15) is 20.1 Å². The first kappa shape index (κ1) is 14.4. The average Bonchev–Trinajstić information content (AvgIpc) is 2.25. The SMILES string of the molecule is O=C(O)CCCCCN1C[C@@H](O)C(O)[C@H](O)C1. The standard InChI is InChI=1S/C11H21NO5/c13-8-6-12(7-9(14)11(8)17)5-3-1-2-4-10(15)16/h8-9,11,13-14,17H,1-7H2,(H,15,16)/t8-,9-/m1/s1. The van der Waals surface area contributed by atoms with Crippen LogP contribution in [0.2, 0.25) is 0 Å². The molecule has 1 fully saturated rings. The first-order valence-corrected chi connectivity index (χ1v) is 5.99. The van der Waals surface area contributed by atoms with Crippen LogP contribution < -0.4 is 0 Å². The van der Waals surface area contributed by atoms with Crippen LogP contribution in [0.25, 0.3) is 0 Å². The van der Waals surface area contributed by atoms with Gasteiger partial charge in [-0.1, -0.05) is 6.42 Å². The Morgan fingerprint density at radius 1 is 1.06 bits per heavy atom. The molecule has 0 aromatic rings. The second-order valence-corrected chi connectivity index (χ2v) is 4.59. The van der Waals surface area contributed by atoms with Crippen molar-refractivity contribution in [2.75, 3.05) is 19.6 Å². The number of likely N-dealkylation sites (tertiary alicyclic amines) is 1. The quantitative estimate of drug-likeness (QED) is 0.451. The lowest BCUT2D eigenvalue weighted by molar-refractivity contribution is -0.137. The van der Waals surface area contributed by atoms with Crippen molar-refractivity contribution in [2.45, 2.75) is 44.0 Å². The van der Waals surface area contributed by atoms with Crippen LogP contribution in [0.3, 0.4) is 0 Å². The fourth-order valence-electron chi connectivity index (χ4n) is 2.05. The van der Waals surface area contributed by atoms with Crippen molar-refractivity contribution in [1.82, 2.24) is 4.90 Å². The van der Waals surface area contributed by atoms with Crippen molar-refractivity contribution in [3.8, 4) is 0 Å². The predicted molar refractivity (Wildman–Crippen MR) is 60.6 cm³/mol. The van der Waals surface area contributed by atoms with Crippen LogP contribution in [0.4, 0.5) is 0 Å². The number of carboxylic acid groups (broad SMARTS) is 1. The molecule has 17 heavy (non-hydrogen) atoms. The maximum absolute atomic E-state index is 10.3. The van der Waals surface area contributed by atoms with Gasteiger partial charge in [-0.25, -0.2) is 0 Å². The van der Waals surface area contributed by atoms with Gasteiger partial charge in [-0.15, -0.1) is 0 Å². The van der Waals surface area contributed by atoms with Gasteiger partial charge >= 0.3 is 5.97 Å². The molecule has 6 heteroatoms. The summed E-state index contributed by atoms with van der Waals surface area (Å²) in [6, 6.07) is 0. The summed E-state index contributed by atoms with van der Waals surface area (Å²) >= 11 is 0. The molecular weight excluding hydrogens is 226 g/mol. The van der Waals surface area contributed by atoms with Gasteiger partial charge in [0.25, 0.3) is 0 Å². The number of unbranched alkanes of at least 4 members (excludes halogenated alkanes) is 2. The monoisotopic (exact) mass is 247 g/mol. The largest absolute Gasteiger partial charge is 0.481 e. The third-order valence-electron chi connectivity index (χ3n) is 3.04. The molecule has 0 saturated carbocycles. The minimum Gasteiger partial charge on any atom is -0.481 e. The lowest BCUT2D eigenvalue weighted by Crippen LogP contribution is -2.55. The van der Waals surface area contributed by atoms with Crippen LogP contribution >= 0.6 is 0 Å². The number of β-amino-alcohol motifs (C(OH)–C–C–N with tert-alkyl or cyclic N) is 2. The Bertz CT molecular complexity index is 236. The number of piperidine rings is 1. The fraction of sp³-hybridized carbons (Fsp3) is 0.909. The molecule has 0 aliphatic carbocycles. The molecule has 0 aromatic heterocycles. The molecule has 6 nitrogen and oxygen atoms in total. The van der Waals surface area contributed by atoms with E-state index in [-0.39, 0.29) is 6.42 Å². The Hall–Kier alpha value is -0.690. The van der Waals surface area contributed by atoms with Crippen LogP contribution in [0.1, 0.15) is 25.7 Å². The molecule has 1 aliphatic heterocycles. The van der Waals surface area contributed by atoms with E-state index in [0.717, 1.165) is 12.8 Å². The first-order chi connectivity index (χ1) is 8.00. The minimum absolute atomic E-state index is 0.184. The maximum atomic E-state index is 10.3. The number of aliphatic hydroxyl groups excluding tert-OH is 3. The molecule has 0 amide bonds. The van der Waals surface area contributed by atoms with Crippen LogP contribution in [0.15, 0.2) is 0 Å². The summed E-state index contributed by atoms with van der Waals surface area (Å²) in [4.78, 5) is 12.2. The number of hydrogen-bond donors (Lipinski definition) is 4. The van der Waals surface area contributed by atoms with Crippen molar-refractivity contribution in [3.05, 3.63) is 0 Å². The zero-order chi connectivity index (χ0) is 12.8. The van der Waals surface area contributed by atoms with Crippen molar-refractivity contribution < 1.29 is 25.2 Å². The van der Waals surface area contributed by atoms with Gasteiger partial charge in [-0.2, -0.15) is 0 Å². The molecular formula is C11H21NO5. The molecule has 0 unspecified atom stereocenters. The number of hydrogen-bond acceptors (Lipinski definition) is 5. The highest BCUT2D eigenvalue weighted by molar-refractivity contribution is 5.66. The second kappa shape index (κ2) is 6.90. The second-order valence-electron chi connectivity index (χ2n) is 4.59. The number of aliphatic hydroxyl groups is 3. The summed E-state index contributed by atoms with van der Waals surface area (Å²) in [7, 11) is 0. The molecule has 2 atom stereocenters.